The number of nitrogens with two attached hydrogens (primary N) is 1. The van der Waals surface area contributed by atoms with E-state index in [9.17, 15) is 0 Å². The number of rotatable bonds is 5. The summed E-state index contributed by atoms with van der Waals surface area (Å²) in [6, 6.07) is 5.07. The molecule has 2 rings (SSSR count). The van der Waals surface area contributed by atoms with Crippen LogP contribution in [-0.2, 0) is 6.54 Å². The molecule has 1 aromatic rings. The number of halogens is 1. The Morgan fingerprint density at radius 2 is 2.29 bits per heavy atom. The summed E-state index contributed by atoms with van der Waals surface area (Å²) in [6.45, 7) is 5.30. The Hall–Kier alpha value is 0.1000. The van der Waals surface area contributed by atoms with E-state index in [-0.39, 0.29) is 0 Å². The summed E-state index contributed by atoms with van der Waals surface area (Å²) >= 11 is 5.38. The lowest BCUT2D eigenvalue weighted by molar-refractivity contribution is 0.163. The molecule has 0 aromatic carbocycles. The molecule has 1 aliphatic rings. The fourth-order valence-electron chi connectivity index (χ4n) is 2.87. The fraction of sp³-hybridized carbons (Fsp3) is 0.692. The topological polar surface area (TPSA) is 29.3 Å². The second kappa shape index (κ2) is 6.32. The highest BCUT2D eigenvalue weighted by Gasteiger charge is 2.30. The fourth-order valence-corrected chi connectivity index (χ4v) is 4.38. The van der Waals surface area contributed by atoms with Gasteiger partial charge < -0.3 is 5.73 Å². The molecule has 17 heavy (non-hydrogen) atoms. The van der Waals surface area contributed by atoms with Gasteiger partial charge in [0.2, 0.25) is 0 Å². The summed E-state index contributed by atoms with van der Waals surface area (Å²) in [6.07, 6.45) is 3.98. The van der Waals surface area contributed by atoms with Crippen molar-refractivity contribution in [2.45, 2.75) is 38.8 Å². The van der Waals surface area contributed by atoms with Gasteiger partial charge in [0.15, 0.2) is 0 Å². The van der Waals surface area contributed by atoms with E-state index >= 15 is 0 Å². The van der Waals surface area contributed by atoms with Gasteiger partial charge in [-0.3, -0.25) is 4.90 Å². The second-order valence-corrected chi connectivity index (χ2v) is 7.31. The third-order valence-electron chi connectivity index (χ3n) is 3.78. The zero-order valence-electron chi connectivity index (χ0n) is 10.4. The van der Waals surface area contributed by atoms with Gasteiger partial charge in [-0.25, -0.2) is 0 Å². The Kier molecular flexibility index (Phi) is 5.03. The van der Waals surface area contributed by atoms with Crippen molar-refractivity contribution in [2.75, 3.05) is 13.1 Å². The summed E-state index contributed by atoms with van der Waals surface area (Å²) < 4.78 is 1.23. The molecule has 1 aliphatic carbocycles. The van der Waals surface area contributed by atoms with Crippen molar-refractivity contribution in [3.8, 4) is 0 Å². The SMILES string of the molecule is CCN(Cc1ccc(Br)s1)C1CCCC1CN. The van der Waals surface area contributed by atoms with Crippen LogP contribution < -0.4 is 5.73 Å². The second-order valence-electron chi connectivity index (χ2n) is 4.76. The molecule has 2 N–H and O–H groups in total. The maximum Gasteiger partial charge on any atom is 0.0701 e. The minimum absolute atomic E-state index is 0.700. The van der Waals surface area contributed by atoms with Crippen molar-refractivity contribution >= 4 is 27.3 Å². The van der Waals surface area contributed by atoms with Crippen molar-refractivity contribution < 1.29 is 0 Å². The zero-order chi connectivity index (χ0) is 12.3. The van der Waals surface area contributed by atoms with E-state index in [0.29, 0.717) is 12.0 Å². The molecular formula is C13H21BrN2S. The van der Waals surface area contributed by atoms with Crippen molar-refractivity contribution in [3.63, 3.8) is 0 Å². The van der Waals surface area contributed by atoms with Crippen LogP contribution in [0, 0.1) is 5.92 Å². The Bertz CT molecular complexity index is 353. The molecule has 1 aromatic heterocycles. The van der Waals surface area contributed by atoms with Gasteiger partial charge in [-0.2, -0.15) is 0 Å². The molecule has 2 unspecified atom stereocenters. The molecule has 0 spiro atoms. The van der Waals surface area contributed by atoms with E-state index in [0.717, 1.165) is 19.6 Å². The highest BCUT2D eigenvalue weighted by molar-refractivity contribution is 9.11. The summed E-state index contributed by atoms with van der Waals surface area (Å²) in [5, 5.41) is 0. The highest BCUT2D eigenvalue weighted by Crippen LogP contribution is 2.31. The smallest absolute Gasteiger partial charge is 0.0701 e. The molecule has 96 valence electrons. The van der Waals surface area contributed by atoms with Crippen LogP contribution in [0.1, 0.15) is 31.1 Å². The molecule has 2 nitrogen and oxygen atoms in total. The van der Waals surface area contributed by atoms with Crippen molar-refractivity contribution in [3.05, 3.63) is 20.8 Å². The molecule has 0 saturated heterocycles. The normalized spacial score (nSPS) is 24.7. The third kappa shape index (κ3) is 3.31. The van der Waals surface area contributed by atoms with Crippen molar-refractivity contribution in [1.29, 1.82) is 0 Å². The quantitative estimate of drug-likeness (QED) is 0.901. The van der Waals surface area contributed by atoms with Gasteiger partial charge >= 0.3 is 0 Å². The van der Waals surface area contributed by atoms with Crippen molar-refractivity contribution in [2.24, 2.45) is 11.7 Å². The number of hydrogen-bond donors (Lipinski definition) is 1. The van der Waals surface area contributed by atoms with E-state index in [1.54, 1.807) is 0 Å². The molecule has 4 heteroatoms. The van der Waals surface area contributed by atoms with Crippen molar-refractivity contribution in [1.82, 2.24) is 4.90 Å². The largest absolute Gasteiger partial charge is 0.330 e. The van der Waals surface area contributed by atoms with Gasteiger partial charge in [0.1, 0.15) is 0 Å². The average molecular weight is 317 g/mol. The lowest BCUT2D eigenvalue weighted by Crippen LogP contribution is -2.39. The van der Waals surface area contributed by atoms with Crippen LogP contribution in [-0.4, -0.2) is 24.0 Å². The Morgan fingerprint density at radius 1 is 1.47 bits per heavy atom. The molecule has 2 atom stereocenters. The third-order valence-corrected chi connectivity index (χ3v) is 5.39. The van der Waals surface area contributed by atoms with Crippen LogP contribution in [0.4, 0.5) is 0 Å². The van der Waals surface area contributed by atoms with Gasteiger partial charge in [-0.05, 0) is 59.9 Å². The van der Waals surface area contributed by atoms with Crippen LogP contribution in [0.25, 0.3) is 0 Å². The average Bonchev–Trinajstić information content (AvgIpc) is 2.94. The Balaban J connectivity index is 2.00. The highest BCUT2D eigenvalue weighted by atomic mass is 79.9. The van der Waals surface area contributed by atoms with Gasteiger partial charge in [0.25, 0.3) is 0 Å². The lowest BCUT2D eigenvalue weighted by Gasteiger charge is -2.31. The molecule has 0 amide bonds. The van der Waals surface area contributed by atoms with Crippen LogP contribution in [0.5, 0.6) is 0 Å². The molecular weight excluding hydrogens is 296 g/mol. The van der Waals surface area contributed by atoms with Gasteiger partial charge in [-0.15, -0.1) is 11.3 Å². The maximum absolute atomic E-state index is 5.88. The van der Waals surface area contributed by atoms with E-state index in [1.165, 1.54) is 27.9 Å². The molecule has 1 saturated carbocycles. The van der Waals surface area contributed by atoms with Crippen LogP contribution >= 0.6 is 27.3 Å². The summed E-state index contributed by atoms with van der Waals surface area (Å²) in [7, 11) is 0. The molecule has 0 bridgehead atoms. The van der Waals surface area contributed by atoms with Crippen LogP contribution in [0.15, 0.2) is 15.9 Å². The van der Waals surface area contributed by atoms with Crippen LogP contribution in [0.2, 0.25) is 0 Å². The molecule has 1 heterocycles. The number of thiophene rings is 1. The van der Waals surface area contributed by atoms with E-state index in [4.69, 9.17) is 5.73 Å². The minimum atomic E-state index is 0.700. The van der Waals surface area contributed by atoms with Gasteiger partial charge in [0, 0.05) is 17.5 Å². The minimum Gasteiger partial charge on any atom is -0.330 e. The van der Waals surface area contributed by atoms with E-state index in [1.807, 2.05) is 11.3 Å². The van der Waals surface area contributed by atoms with Crippen LogP contribution in [0.3, 0.4) is 0 Å². The van der Waals surface area contributed by atoms with Gasteiger partial charge in [0.05, 0.1) is 3.79 Å². The Labute approximate surface area is 116 Å². The number of hydrogen-bond acceptors (Lipinski definition) is 3. The lowest BCUT2D eigenvalue weighted by atomic mass is 10.0. The van der Waals surface area contributed by atoms with E-state index in [2.05, 4.69) is 39.9 Å². The standard InChI is InChI=1S/C13H21BrN2S/c1-2-16(9-11-6-7-13(14)17-11)12-5-3-4-10(12)8-15/h6-7,10,12H,2-5,8-9,15H2,1H3. The summed E-state index contributed by atoms with van der Waals surface area (Å²) in [5.74, 6) is 0.707. The molecule has 0 aliphatic heterocycles. The Morgan fingerprint density at radius 3 is 2.88 bits per heavy atom. The zero-order valence-corrected chi connectivity index (χ0v) is 12.8. The first-order chi connectivity index (χ1) is 8.24. The predicted molar refractivity (Wildman–Crippen MR) is 78.3 cm³/mol. The monoisotopic (exact) mass is 316 g/mol. The first-order valence-corrected chi connectivity index (χ1v) is 8.04. The first kappa shape index (κ1) is 13.5. The van der Waals surface area contributed by atoms with E-state index < -0.39 is 0 Å². The molecule has 1 fully saturated rings. The molecule has 0 radical (unpaired) electrons. The maximum atomic E-state index is 5.88. The number of nitrogens with zero attached hydrogens (tertiary/aromatic N) is 1. The first-order valence-electron chi connectivity index (χ1n) is 6.43. The predicted octanol–water partition coefficient (Wildman–Crippen LogP) is 3.46. The summed E-state index contributed by atoms with van der Waals surface area (Å²) in [4.78, 5) is 4.05. The van der Waals surface area contributed by atoms with Gasteiger partial charge in [-0.1, -0.05) is 13.3 Å². The summed E-state index contributed by atoms with van der Waals surface area (Å²) in [5.41, 5.74) is 5.88.